The summed E-state index contributed by atoms with van der Waals surface area (Å²) in [4.78, 5) is 50.3. The fourth-order valence-electron chi connectivity index (χ4n) is 8.17. The van der Waals surface area contributed by atoms with E-state index >= 15 is 4.39 Å². The highest BCUT2D eigenvalue weighted by Gasteiger charge is 2.77. The van der Waals surface area contributed by atoms with Crippen LogP contribution in [0.2, 0.25) is 0 Å². The van der Waals surface area contributed by atoms with Gasteiger partial charge in [0.25, 0.3) is 0 Å². The number of Topliss-reactive ketones (excluding diaryl/α,β-unsaturated/α-hetero) is 1. The molecule has 0 saturated heterocycles. The largest absolute Gasteiger partial charge is 0.466 e. The number of hydrogen-bond donors (Lipinski definition) is 1. The molecule has 4 aliphatic rings. The number of allylic oxidation sites excluding steroid dienone is 4. The van der Waals surface area contributed by atoms with Crippen LogP contribution in [0.4, 0.5) is 4.39 Å². The monoisotopic (exact) mass is 538 g/mol. The first-order chi connectivity index (χ1) is 17.3. The third-order valence-corrected chi connectivity index (χ3v) is 10.1. The molecule has 0 aromatic rings. The summed E-state index contributed by atoms with van der Waals surface area (Å²) in [7, 11) is 0. The Hall–Kier alpha value is -2.06. The topological polar surface area (TPSA) is 107 Å². The maximum Gasteiger partial charge on any atom is 0.307 e. The van der Waals surface area contributed by atoms with Crippen molar-refractivity contribution in [2.24, 2.45) is 28.6 Å². The second-order valence-electron chi connectivity index (χ2n) is 11.5. The van der Waals surface area contributed by atoms with E-state index in [1.165, 1.54) is 12.2 Å². The molecule has 0 aromatic carbocycles. The molecule has 4 aliphatic carbocycles. The van der Waals surface area contributed by atoms with Gasteiger partial charge in [-0.05, 0) is 57.6 Å². The molecule has 37 heavy (non-hydrogen) atoms. The second kappa shape index (κ2) is 9.60. The van der Waals surface area contributed by atoms with Gasteiger partial charge in [-0.25, -0.2) is 4.39 Å². The van der Waals surface area contributed by atoms with Gasteiger partial charge in [-0.15, -0.1) is 11.6 Å². The van der Waals surface area contributed by atoms with E-state index in [0.717, 1.165) is 0 Å². The van der Waals surface area contributed by atoms with E-state index in [4.69, 9.17) is 21.1 Å². The van der Waals surface area contributed by atoms with Crippen LogP contribution in [0.3, 0.4) is 0 Å². The molecule has 0 aromatic heterocycles. The Morgan fingerprint density at radius 2 is 1.86 bits per heavy atom. The summed E-state index contributed by atoms with van der Waals surface area (Å²) < 4.78 is 28.2. The van der Waals surface area contributed by atoms with Gasteiger partial charge < -0.3 is 14.6 Å². The minimum atomic E-state index is -2.06. The van der Waals surface area contributed by atoms with Crippen molar-refractivity contribution in [2.75, 3.05) is 12.5 Å². The van der Waals surface area contributed by atoms with Crippen LogP contribution in [0.1, 0.15) is 66.2 Å². The molecular formula is C28H36ClFO7. The van der Waals surface area contributed by atoms with Gasteiger partial charge in [0, 0.05) is 22.7 Å². The fourth-order valence-corrected chi connectivity index (χ4v) is 8.36. The van der Waals surface area contributed by atoms with Crippen LogP contribution in [0, 0.1) is 28.6 Å². The first kappa shape index (κ1) is 28.0. The molecular weight excluding hydrogens is 503 g/mol. The summed E-state index contributed by atoms with van der Waals surface area (Å²) in [5.41, 5.74) is -5.30. The minimum Gasteiger partial charge on any atom is -0.466 e. The third-order valence-electron chi connectivity index (χ3n) is 9.83. The van der Waals surface area contributed by atoms with Crippen molar-refractivity contribution in [1.82, 2.24) is 0 Å². The van der Waals surface area contributed by atoms with E-state index < -0.39 is 63.6 Å². The number of aliphatic hydroxyl groups is 1. The van der Waals surface area contributed by atoms with Crippen LogP contribution in [0.15, 0.2) is 23.8 Å². The zero-order chi connectivity index (χ0) is 27.4. The van der Waals surface area contributed by atoms with E-state index in [2.05, 4.69) is 0 Å². The third kappa shape index (κ3) is 3.84. The molecule has 1 N–H and O–H groups in total. The quantitative estimate of drug-likeness (QED) is 0.385. The Kier molecular flexibility index (Phi) is 7.25. The van der Waals surface area contributed by atoms with Crippen molar-refractivity contribution in [1.29, 1.82) is 0 Å². The van der Waals surface area contributed by atoms with E-state index in [9.17, 15) is 24.3 Å². The molecule has 0 aliphatic heterocycles. The first-order valence-corrected chi connectivity index (χ1v) is 13.6. The molecule has 3 saturated carbocycles. The number of carbonyl (C=O) groups is 4. The smallest absolute Gasteiger partial charge is 0.307 e. The molecule has 0 amide bonds. The minimum absolute atomic E-state index is 0.118. The zero-order valence-electron chi connectivity index (χ0n) is 21.9. The Balaban J connectivity index is 1.72. The lowest BCUT2D eigenvalue weighted by atomic mass is 9.44. The van der Waals surface area contributed by atoms with Crippen LogP contribution >= 0.6 is 11.6 Å². The van der Waals surface area contributed by atoms with Crippen molar-refractivity contribution in [3.05, 3.63) is 23.8 Å². The van der Waals surface area contributed by atoms with Crippen molar-refractivity contribution >= 4 is 35.1 Å². The first-order valence-electron chi connectivity index (χ1n) is 13.1. The second-order valence-corrected chi connectivity index (χ2v) is 11.7. The van der Waals surface area contributed by atoms with Crippen molar-refractivity contribution < 1.29 is 38.1 Å². The molecule has 9 heteroatoms. The molecule has 0 unspecified atom stereocenters. The summed E-state index contributed by atoms with van der Waals surface area (Å²) in [6.07, 6.45) is 3.65. The number of ketones is 2. The molecule has 204 valence electrons. The van der Waals surface area contributed by atoms with E-state index in [-0.39, 0.29) is 37.6 Å². The Morgan fingerprint density at radius 3 is 2.51 bits per heavy atom. The maximum atomic E-state index is 17.3. The predicted molar refractivity (Wildman–Crippen MR) is 133 cm³/mol. The van der Waals surface area contributed by atoms with Crippen molar-refractivity contribution in [3.8, 4) is 0 Å². The van der Waals surface area contributed by atoms with E-state index in [1.54, 1.807) is 33.8 Å². The summed E-state index contributed by atoms with van der Waals surface area (Å²) in [6.45, 7) is 7.17. The molecule has 3 fully saturated rings. The Morgan fingerprint density at radius 1 is 1.19 bits per heavy atom. The number of fused-ring (bicyclic) bond motifs is 5. The van der Waals surface area contributed by atoms with Crippen LogP contribution in [-0.4, -0.2) is 58.5 Å². The number of alkyl halides is 2. The highest BCUT2D eigenvalue weighted by molar-refractivity contribution is 6.29. The number of esters is 2. The molecule has 8 atom stereocenters. The predicted octanol–water partition coefficient (Wildman–Crippen LogP) is 4.04. The van der Waals surface area contributed by atoms with Crippen LogP contribution in [-0.2, 0) is 28.7 Å². The van der Waals surface area contributed by atoms with Gasteiger partial charge in [-0.2, -0.15) is 0 Å². The lowest BCUT2D eigenvalue weighted by Gasteiger charge is -2.62. The van der Waals surface area contributed by atoms with Gasteiger partial charge >= 0.3 is 11.9 Å². The van der Waals surface area contributed by atoms with Gasteiger partial charge in [0.2, 0.25) is 0 Å². The van der Waals surface area contributed by atoms with Gasteiger partial charge in [-0.3, -0.25) is 19.2 Å². The van der Waals surface area contributed by atoms with Gasteiger partial charge in [-0.1, -0.05) is 25.5 Å². The highest BCUT2D eigenvalue weighted by Crippen LogP contribution is 2.71. The molecule has 0 bridgehead atoms. The summed E-state index contributed by atoms with van der Waals surface area (Å²) in [6, 6.07) is 0. The normalized spacial score (nSPS) is 42.2. The highest BCUT2D eigenvalue weighted by atomic mass is 35.5. The number of aliphatic hydroxyl groups excluding tert-OH is 1. The number of halogens is 2. The summed E-state index contributed by atoms with van der Waals surface area (Å²) in [5, 5.41) is 11.5. The molecule has 0 heterocycles. The molecule has 7 nitrogen and oxygen atoms in total. The molecule has 4 rings (SSSR count). The van der Waals surface area contributed by atoms with Crippen LogP contribution in [0.25, 0.3) is 0 Å². The van der Waals surface area contributed by atoms with Crippen molar-refractivity contribution in [3.63, 3.8) is 0 Å². The SMILES string of the molecule is CCOC(=O)CCC(=O)O[C@]1(C(=O)CCl)[C@H](C)C[C@H]2[C@@H]3CCC4=CC(=O)C=C[C@]4(C)[C@@]3(F)[C@@H](O)C[C@@]21C. The number of hydrogen-bond acceptors (Lipinski definition) is 7. The molecule has 0 spiro atoms. The number of rotatable bonds is 7. The standard InChI is InChI=1S/C28H36ClFO7/c1-5-36-23(34)8-9-24(35)37-28(22(33)15-29)16(2)12-20-19-7-6-17-13-18(31)10-11-25(17,3)27(19,30)21(32)14-26(20,28)4/h10-11,13,16,19-21,32H,5-9,12,14-15H2,1-4H3/t16-,19+,20+,21+,25+,26+,27+,28+/m1/s1. The van der Waals surface area contributed by atoms with Gasteiger partial charge in [0.15, 0.2) is 22.8 Å². The fraction of sp³-hybridized carbons (Fsp3) is 0.714. The summed E-state index contributed by atoms with van der Waals surface area (Å²) >= 11 is 6.06. The Labute approximate surface area is 221 Å². The number of ether oxygens (including phenoxy) is 2. The average Bonchev–Trinajstić information content (AvgIpc) is 3.06. The van der Waals surface area contributed by atoms with Crippen molar-refractivity contribution in [2.45, 2.75) is 83.6 Å². The van der Waals surface area contributed by atoms with E-state index in [0.29, 0.717) is 24.8 Å². The zero-order valence-corrected chi connectivity index (χ0v) is 22.6. The molecule has 0 radical (unpaired) electrons. The van der Waals surface area contributed by atoms with Crippen LogP contribution in [0.5, 0.6) is 0 Å². The maximum absolute atomic E-state index is 17.3. The number of carbonyl (C=O) groups excluding carboxylic acids is 4. The lowest BCUT2D eigenvalue weighted by Crippen LogP contribution is -2.70. The Bertz CT molecular complexity index is 1070. The van der Waals surface area contributed by atoms with Gasteiger partial charge in [0.1, 0.15) is 0 Å². The summed E-state index contributed by atoms with van der Waals surface area (Å²) in [5.74, 6) is -3.87. The van der Waals surface area contributed by atoms with Crippen LogP contribution < -0.4 is 0 Å². The lowest BCUT2D eigenvalue weighted by molar-refractivity contribution is -0.227. The van der Waals surface area contributed by atoms with E-state index in [1.807, 2.05) is 0 Å². The van der Waals surface area contributed by atoms with Gasteiger partial charge in [0.05, 0.1) is 31.4 Å². The average molecular weight is 539 g/mol.